The molecule has 1 atom stereocenters. The predicted molar refractivity (Wildman–Crippen MR) is 107 cm³/mol. The van der Waals surface area contributed by atoms with E-state index in [2.05, 4.69) is 16.0 Å². The van der Waals surface area contributed by atoms with Gasteiger partial charge >= 0.3 is 0 Å². The summed E-state index contributed by atoms with van der Waals surface area (Å²) in [4.78, 5) is 35.4. The van der Waals surface area contributed by atoms with Gasteiger partial charge < -0.3 is 16.0 Å². The molecule has 0 bridgehead atoms. The molecule has 0 fully saturated rings. The van der Waals surface area contributed by atoms with E-state index in [1.165, 1.54) is 6.92 Å². The summed E-state index contributed by atoms with van der Waals surface area (Å²) in [5.74, 6) is -0.537. The van der Waals surface area contributed by atoms with Crippen molar-refractivity contribution in [1.29, 1.82) is 0 Å². The van der Waals surface area contributed by atoms with Crippen molar-refractivity contribution in [2.45, 2.75) is 33.7 Å². The van der Waals surface area contributed by atoms with Crippen LogP contribution in [0.25, 0.3) is 0 Å². The van der Waals surface area contributed by atoms with Crippen LogP contribution in [0.5, 0.6) is 0 Å². The molecule has 142 valence electrons. The number of amides is 3. The van der Waals surface area contributed by atoms with Crippen molar-refractivity contribution in [2.75, 3.05) is 10.6 Å². The lowest BCUT2D eigenvalue weighted by atomic mass is 10.1. The maximum atomic E-state index is 12.5. The fourth-order valence-corrected chi connectivity index (χ4v) is 2.44. The van der Waals surface area contributed by atoms with Crippen LogP contribution in [0.3, 0.4) is 0 Å². The lowest BCUT2D eigenvalue weighted by Gasteiger charge is -2.16. The molecule has 3 amide bonds. The van der Waals surface area contributed by atoms with Gasteiger partial charge in [-0.1, -0.05) is 26.0 Å². The van der Waals surface area contributed by atoms with E-state index in [0.717, 1.165) is 5.56 Å². The summed E-state index contributed by atoms with van der Waals surface area (Å²) in [6.45, 7) is 6.96. The minimum atomic E-state index is -0.230. The largest absolute Gasteiger partial charge is 0.346 e. The van der Waals surface area contributed by atoms with Crippen LogP contribution >= 0.6 is 0 Å². The van der Waals surface area contributed by atoms with Gasteiger partial charge in [0.1, 0.15) is 0 Å². The van der Waals surface area contributed by atoms with Crippen molar-refractivity contribution < 1.29 is 14.4 Å². The second-order valence-electron chi connectivity index (χ2n) is 6.72. The van der Waals surface area contributed by atoms with Crippen LogP contribution < -0.4 is 16.0 Å². The van der Waals surface area contributed by atoms with Crippen molar-refractivity contribution in [1.82, 2.24) is 5.32 Å². The molecule has 0 aliphatic rings. The minimum absolute atomic E-state index is 0.0696. The summed E-state index contributed by atoms with van der Waals surface area (Å²) >= 11 is 0. The molecule has 27 heavy (non-hydrogen) atoms. The lowest BCUT2D eigenvalue weighted by molar-refractivity contribution is -0.119. The molecule has 3 N–H and O–H groups in total. The number of rotatable bonds is 6. The molecule has 0 saturated heterocycles. The van der Waals surface area contributed by atoms with E-state index in [4.69, 9.17) is 0 Å². The predicted octanol–water partition coefficient (Wildman–Crippen LogP) is 3.73. The molecule has 1 unspecified atom stereocenters. The first kappa shape index (κ1) is 20.2. The Morgan fingerprint density at radius 1 is 0.852 bits per heavy atom. The molecule has 2 aromatic rings. The highest BCUT2D eigenvalue weighted by molar-refractivity contribution is 5.96. The van der Waals surface area contributed by atoms with E-state index < -0.39 is 0 Å². The summed E-state index contributed by atoms with van der Waals surface area (Å²) in [7, 11) is 0. The van der Waals surface area contributed by atoms with Gasteiger partial charge in [-0.05, 0) is 48.9 Å². The van der Waals surface area contributed by atoms with Gasteiger partial charge in [-0.15, -0.1) is 0 Å². The second-order valence-corrected chi connectivity index (χ2v) is 6.72. The average Bonchev–Trinajstić information content (AvgIpc) is 2.61. The van der Waals surface area contributed by atoms with Crippen molar-refractivity contribution in [3.63, 3.8) is 0 Å². The lowest BCUT2D eigenvalue weighted by Crippen LogP contribution is -2.26. The van der Waals surface area contributed by atoms with Crippen molar-refractivity contribution in [2.24, 2.45) is 5.92 Å². The first-order chi connectivity index (χ1) is 12.8. The van der Waals surface area contributed by atoms with Gasteiger partial charge in [-0.3, -0.25) is 14.4 Å². The molecule has 0 radical (unpaired) electrons. The fourth-order valence-electron chi connectivity index (χ4n) is 2.44. The Hall–Kier alpha value is -3.15. The molecule has 0 aliphatic carbocycles. The van der Waals surface area contributed by atoms with Crippen LogP contribution in [0.4, 0.5) is 11.4 Å². The maximum Gasteiger partial charge on any atom is 0.251 e. The van der Waals surface area contributed by atoms with E-state index in [0.29, 0.717) is 16.9 Å². The summed E-state index contributed by atoms with van der Waals surface area (Å²) in [5.41, 5.74) is 2.73. The van der Waals surface area contributed by atoms with Crippen LogP contribution in [-0.4, -0.2) is 17.7 Å². The number of hydrogen-bond donors (Lipinski definition) is 3. The Kier molecular flexibility index (Phi) is 6.71. The maximum absolute atomic E-state index is 12.5. The third-order valence-corrected chi connectivity index (χ3v) is 3.99. The minimum Gasteiger partial charge on any atom is -0.346 e. The topological polar surface area (TPSA) is 87.3 Å². The van der Waals surface area contributed by atoms with Crippen LogP contribution in [0.1, 0.15) is 49.7 Å². The van der Waals surface area contributed by atoms with E-state index in [9.17, 15) is 14.4 Å². The normalized spacial score (nSPS) is 11.6. The van der Waals surface area contributed by atoms with Crippen LogP contribution in [0.15, 0.2) is 48.5 Å². The molecule has 6 heteroatoms. The zero-order valence-electron chi connectivity index (χ0n) is 16.0. The molecule has 0 saturated carbocycles. The smallest absolute Gasteiger partial charge is 0.251 e. The zero-order valence-corrected chi connectivity index (χ0v) is 16.0. The molecule has 6 nitrogen and oxygen atoms in total. The number of carbonyl (C=O) groups is 3. The number of nitrogens with one attached hydrogen (secondary N) is 3. The Morgan fingerprint density at radius 2 is 1.52 bits per heavy atom. The Bertz CT molecular complexity index is 829. The highest BCUT2D eigenvalue weighted by atomic mass is 16.2. The second kappa shape index (κ2) is 8.98. The van der Waals surface area contributed by atoms with Crippen molar-refractivity contribution in [3.05, 3.63) is 59.7 Å². The summed E-state index contributed by atoms with van der Waals surface area (Å²) < 4.78 is 0. The van der Waals surface area contributed by atoms with Gasteiger partial charge in [0.15, 0.2) is 0 Å². The van der Waals surface area contributed by atoms with Gasteiger partial charge in [-0.25, -0.2) is 0 Å². The SMILES string of the molecule is CC(=O)Nc1cccc(C(C)NC(=O)c2ccc(NC(=O)C(C)C)cc2)c1. The third kappa shape index (κ3) is 5.95. The molecule has 0 heterocycles. The van der Waals surface area contributed by atoms with Crippen molar-refractivity contribution >= 4 is 29.1 Å². The first-order valence-electron chi connectivity index (χ1n) is 8.85. The van der Waals surface area contributed by atoms with Crippen LogP contribution in [-0.2, 0) is 9.59 Å². The number of hydrogen-bond acceptors (Lipinski definition) is 3. The average molecular weight is 367 g/mol. The van der Waals surface area contributed by atoms with Crippen LogP contribution in [0, 0.1) is 5.92 Å². The number of carbonyl (C=O) groups excluding carboxylic acids is 3. The zero-order chi connectivity index (χ0) is 20.0. The van der Waals surface area contributed by atoms with Gasteiger partial charge in [0, 0.05) is 29.8 Å². The van der Waals surface area contributed by atoms with E-state index in [1.54, 1.807) is 30.3 Å². The quantitative estimate of drug-likeness (QED) is 0.727. The molecule has 0 aliphatic heterocycles. The number of anilines is 2. The third-order valence-electron chi connectivity index (χ3n) is 3.99. The van der Waals surface area contributed by atoms with Gasteiger partial charge in [0.05, 0.1) is 6.04 Å². The van der Waals surface area contributed by atoms with E-state index in [1.807, 2.05) is 39.0 Å². The fraction of sp³-hybridized carbons (Fsp3) is 0.286. The van der Waals surface area contributed by atoms with Gasteiger partial charge in [0.25, 0.3) is 5.91 Å². The molecule has 2 rings (SSSR count). The molecule has 0 spiro atoms. The Morgan fingerprint density at radius 3 is 2.11 bits per heavy atom. The highest BCUT2D eigenvalue weighted by Gasteiger charge is 2.13. The highest BCUT2D eigenvalue weighted by Crippen LogP contribution is 2.18. The Balaban J connectivity index is 2.02. The van der Waals surface area contributed by atoms with Crippen LogP contribution in [0.2, 0.25) is 0 Å². The monoisotopic (exact) mass is 367 g/mol. The summed E-state index contributed by atoms with van der Waals surface area (Å²) in [5, 5.41) is 8.45. The van der Waals surface area contributed by atoms with Gasteiger partial charge in [0.2, 0.25) is 11.8 Å². The molecule has 2 aromatic carbocycles. The number of benzene rings is 2. The molecular weight excluding hydrogens is 342 g/mol. The van der Waals surface area contributed by atoms with E-state index >= 15 is 0 Å². The molecule has 0 aromatic heterocycles. The molecular formula is C21H25N3O3. The standard InChI is InChI=1S/C21H25N3O3/c1-13(2)20(26)24-18-10-8-16(9-11-18)21(27)22-14(3)17-6-5-7-19(12-17)23-15(4)25/h5-14H,1-4H3,(H,22,27)(H,23,25)(H,24,26). The first-order valence-corrected chi connectivity index (χ1v) is 8.85. The van der Waals surface area contributed by atoms with E-state index in [-0.39, 0.29) is 29.7 Å². The summed E-state index contributed by atoms with van der Waals surface area (Å²) in [6.07, 6.45) is 0. The van der Waals surface area contributed by atoms with Gasteiger partial charge in [-0.2, -0.15) is 0 Å². The Labute approximate surface area is 159 Å². The van der Waals surface area contributed by atoms with Crippen molar-refractivity contribution in [3.8, 4) is 0 Å². The summed E-state index contributed by atoms with van der Waals surface area (Å²) in [6, 6.07) is 13.9.